The average molecular weight is 211 g/mol. The maximum absolute atomic E-state index is 9.15. The highest BCUT2D eigenvalue weighted by molar-refractivity contribution is 7.16. The largest absolute Gasteiger partial charge is 0.392 e. The average Bonchev–Trinajstić information content (AvgIpc) is 2.35. The van der Waals surface area contributed by atoms with E-state index >= 15 is 0 Å². The van der Waals surface area contributed by atoms with Gasteiger partial charge in [0.25, 0.3) is 0 Å². The molecule has 0 aliphatic carbocycles. The predicted octanol–water partition coefficient (Wildman–Crippen LogP) is 2.54. The topological polar surface area (TPSA) is 20.2 Å². The van der Waals surface area contributed by atoms with Gasteiger partial charge < -0.3 is 5.11 Å². The summed E-state index contributed by atoms with van der Waals surface area (Å²) in [5.74, 6) is 0.273. The van der Waals surface area contributed by atoms with E-state index in [9.17, 15) is 0 Å². The summed E-state index contributed by atoms with van der Waals surface area (Å²) in [5, 5.41) is 9.15. The van der Waals surface area contributed by atoms with Crippen molar-refractivity contribution in [3.63, 3.8) is 0 Å². The molecule has 0 fully saturated rings. The lowest BCUT2D eigenvalue weighted by Gasteiger charge is -2.02. The zero-order valence-corrected chi connectivity index (χ0v) is 8.09. The van der Waals surface area contributed by atoms with Gasteiger partial charge >= 0.3 is 0 Å². The van der Waals surface area contributed by atoms with Gasteiger partial charge in [0.1, 0.15) is 0 Å². The van der Waals surface area contributed by atoms with Gasteiger partial charge in [-0.2, -0.15) is 0 Å². The first-order chi connectivity index (χ1) is 5.22. The van der Waals surface area contributed by atoms with Crippen LogP contribution in [0, 0.1) is 0 Å². The second-order valence-corrected chi connectivity index (χ2v) is 4.33. The Hall–Kier alpha value is 0.240. The van der Waals surface area contributed by atoms with Crippen molar-refractivity contribution in [3.05, 3.63) is 21.3 Å². The van der Waals surface area contributed by atoms with Gasteiger partial charge in [-0.1, -0.05) is 11.6 Å². The first-order valence-electron chi connectivity index (χ1n) is 3.20. The third-order valence-corrected chi connectivity index (χ3v) is 2.85. The molecule has 1 N–H and O–H groups in total. The van der Waals surface area contributed by atoms with Crippen molar-refractivity contribution >= 4 is 34.5 Å². The van der Waals surface area contributed by atoms with E-state index < -0.39 is 6.10 Å². The number of rotatable bonds is 3. The number of aliphatic hydroxyl groups excluding tert-OH is 1. The Morgan fingerprint density at radius 1 is 1.55 bits per heavy atom. The van der Waals surface area contributed by atoms with E-state index in [0.717, 1.165) is 9.21 Å². The maximum Gasteiger partial charge on any atom is 0.0931 e. The van der Waals surface area contributed by atoms with E-state index in [2.05, 4.69) is 0 Å². The van der Waals surface area contributed by atoms with Crippen molar-refractivity contribution in [3.8, 4) is 0 Å². The molecule has 1 unspecified atom stereocenters. The Bertz CT molecular complexity index is 224. The molecule has 1 atom stereocenters. The van der Waals surface area contributed by atoms with Crippen LogP contribution in [0.5, 0.6) is 0 Å². The zero-order valence-electron chi connectivity index (χ0n) is 5.76. The SMILES string of the molecule is OC(CCl)Cc1ccc(Cl)s1. The fraction of sp³-hybridized carbons (Fsp3) is 0.429. The number of aliphatic hydroxyl groups is 1. The van der Waals surface area contributed by atoms with Gasteiger partial charge in [0.05, 0.1) is 10.4 Å². The number of thiophene rings is 1. The van der Waals surface area contributed by atoms with Crippen LogP contribution in [0.1, 0.15) is 4.88 Å². The van der Waals surface area contributed by atoms with E-state index in [-0.39, 0.29) is 5.88 Å². The molecule has 1 nitrogen and oxygen atoms in total. The molecule has 0 spiro atoms. The number of hydrogen-bond acceptors (Lipinski definition) is 2. The van der Waals surface area contributed by atoms with Gasteiger partial charge in [0, 0.05) is 17.2 Å². The zero-order chi connectivity index (χ0) is 8.27. The maximum atomic E-state index is 9.15. The molecular formula is C7H8Cl2OS. The van der Waals surface area contributed by atoms with Crippen molar-refractivity contribution < 1.29 is 5.11 Å². The predicted molar refractivity (Wildman–Crippen MR) is 49.8 cm³/mol. The smallest absolute Gasteiger partial charge is 0.0931 e. The van der Waals surface area contributed by atoms with Crippen LogP contribution < -0.4 is 0 Å². The minimum atomic E-state index is -0.452. The molecule has 0 bridgehead atoms. The molecule has 11 heavy (non-hydrogen) atoms. The van der Waals surface area contributed by atoms with Crippen molar-refractivity contribution in [2.45, 2.75) is 12.5 Å². The van der Waals surface area contributed by atoms with Gasteiger partial charge in [-0.15, -0.1) is 22.9 Å². The van der Waals surface area contributed by atoms with Crippen LogP contribution >= 0.6 is 34.5 Å². The lowest BCUT2D eigenvalue weighted by molar-refractivity contribution is 0.199. The molecule has 0 aromatic carbocycles. The van der Waals surface area contributed by atoms with Crippen LogP contribution in [-0.4, -0.2) is 17.1 Å². The number of alkyl halides is 1. The van der Waals surface area contributed by atoms with Gasteiger partial charge in [-0.05, 0) is 12.1 Å². The quantitative estimate of drug-likeness (QED) is 0.761. The van der Waals surface area contributed by atoms with Crippen LogP contribution in [0.3, 0.4) is 0 Å². The molecule has 0 radical (unpaired) electrons. The van der Waals surface area contributed by atoms with Crippen LogP contribution in [0.2, 0.25) is 4.34 Å². The molecule has 0 saturated heterocycles. The van der Waals surface area contributed by atoms with E-state index in [4.69, 9.17) is 28.3 Å². The Labute approximate surface area is 79.6 Å². The van der Waals surface area contributed by atoms with Gasteiger partial charge in [0.2, 0.25) is 0 Å². The molecule has 62 valence electrons. The van der Waals surface area contributed by atoms with Crippen LogP contribution in [0.25, 0.3) is 0 Å². The Morgan fingerprint density at radius 3 is 2.73 bits per heavy atom. The highest BCUT2D eigenvalue weighted by atomic mass is 35.5. The standard InChI is InChI=1S/C7H8Cl2OS/c8-4-5(10)3-6-1-2-7(9)11-6/h1-2,5,10H,3-4H2. The van der Waals surface area contributed by atoms with Crippen molar-refractivity contribution in [2.75, 3.05) is 5.88 Å². The lowest BCUT2D eigenvalue weighted by Crippen LogP contribution is -2.10. The van der Waals surface area contributed by atoms with Gasteiger partial charge in [-0.3, -0.25) is 0 Å². The highest BCUT2D eigenvalue weighted by Gasteiger charge is 2.05. The molecule has 1 rings (SSSR count). The fourth-order valence-electron chi connectivity index (χ4n) is 0.748. The summed E-state index contributed by atoms with van der Waals surface area (Å²) in [6.07, 6.45) is 0.146. The summed E-state index contributed by atoms with van der Waals surface area (Å²) >= 11 is 12.6. The molecule has 4 heteroatoms. The van der Waals surface area contributed by atoms with Gasteiger partial charge in [-0.25, -0.2) is 0 Å². The van der Waals surface area contributed by atoms with Crippen molar-refractivity contribution in [1.29, 1.82) is 0 Å². The molecule has 1 aromatic rings. The Morgan fingerprint density at radius 2 is 2.27 bits per heavy atom. The molecule has 1 aromatic heterocycles. The lowest BCUT2D eigenvalue weighted by atomic mass is 10.2. The van der Waals surface area contributed by atoms with E-state index in [1.807, 2.05) is 12.1 Å². The monoisotopic (exact) mass is 210 g/mol. The Kier molecular flexibility index (Phi) is 3.66. The molecule has 0 saturated carbocycles. The highest BCUT2D eigenvalue weighted by Crippen LogP contribution is 2.22. The summed E-state index contributed by atoms with van der Waals surface area (Å²) in [4.78, 5) is 1.07. The second kappa shape index (κ2) is 4.31. The van der Waals surface area contributed by atoms with Crippen LogP contribution in [-0.2, 0) is 6.42 Å². The van der Waals surface area contributed by atoms with E-state index in [0.29, 0.717) is 6.42 Å². The molecule has 0 aliphatic rings. The summed E-state index contributed by atoms with van der Waals surface area (Å²) in [7, 11) is 0. The molecule has 1 heterocycles. The Balaban J connectivity index is 2.50. The third kappa shape index (κ3) is 2.99. The molecule has 0 aliphatic heterocycles. The van der Waals surface area contributed by atoms with E-state index in [1.165, 1.54) is 11.3 Å². The van der Waals surface area contributed by atoms with E-state index in [1.54, 1.807) is 0 Å². The summed E-state index contributed by atoms with van der Waals surface area (Å²) in [5.41, 5.74) is 0. The third-order valence-electron chi connectivity index (χ3n) is 1.24. The van der Waals surface area contributed by atoms with Crippen LogP contribution in [0.4, 0.5) is 0 Å². The normalized spacial score (nSPS) is 13.4. The minimum Gasteiger partial charge on any atom is -0.392 e. The van der Waals surface area contributed by atoms with Gasteiger partial charge in [0.15, 0.2) is 0 Å². The van der Waals surface area contributed by atoms with Crippen molar-refractivity contribution in [2.24, 2.45) is 0 Å². The summed E-state index contributed by atoms with van der Waals surface area (Å²) in [6, 6.07) is 3.73. The molecular weight excluding hydrogens is 203 g/mol. The first-order valence-corrected chi connectivity index (χ1v) is 4.93. The summed E-state index contributed by atoms with van der Waals surface area (Å²) in [6.45, 7) is 0. The minimum absolute atomic E-state index is 0.273. The summed E-state index contributed by atoms with van der Waals surface area (Å²) < 4.78 is 0.752. The van der Waals surface area contributed by atoms with Crippen molar-refractivity contribution in [1.82, 2.24) is 0 Å². The fourth-order valence-corrected chi connectivity index (χ4v) is 2.02. The number of halogens is 2. The first kappa shape index (κ1) is 9.33. The van der Waals surface area contributed by atoms with Crippen LogP contribution in [0.15, 0.2) is 12.1 Å². The molecule has 0 amide bonds. The number of hydrogen-bond donors (Lipinski definition) is 1. The second-order valence-electron chi connectivity index (χ2n) is 2.22.